The monoisotopic (exact) mass is 325 g/mol. The number of alkyl halides is 1. The molecule has 0 heterocycles. The molecule has 6 heteroatoms. The molecule has 0 saturated carbocycles. The van der Waals surface area contributed by atoms with Crippen LogP contribution in [0, 0.1) is 0 Å². The van der Waals surface area contributed by atoms with Crippen LogP contribution in [0.5, 0.6) is 0 Å². The summed E-state index contributed by atoms with van der Waals surface area (Å²) in [5.41, 5.74) is 0.712. The fraction of sp³-hybridized carbons (Fsp3) is 0.455. The highest BCUT2D eigenvalue weighted by atomic mass is 79.9. The van der Waals surface area contributed by atoms with E-state index in [9.17, 15) is 8.96 Å². The van der Waals surface area contributed by atoms with E-state index in [1.54, 1.807) is 26.0 Å². The molecule has 1 aromatic carbocycles. The zero-order valence-corrected chi connectivity index (χ0v) is 12.3. The zero-order valence-electron chi connectivity index (χ0n) is 9.86. The maximum Gasteiger partial charge on any atom is 0.697 e. The van der Waals surface area contributed by atoms with Gasteiger partial charge in [0.1, 0.15) is 19.9 Å². The topological polar surface area (TPSA) is 35.5 Å². The van der Waals surface area contributed by atoms with Gasteiger partial charge in [-0.3, -0.25) is 0 Å². The highest BCUT2D eigenvalue weighted by molar-refractivity contribution is 9.10. The van der Waals surface area contributed by atoms with Crippen LogP contribution in [0.25, 0.3) is 0 Å². The standard InChI is InChI=1S/C7H6BrF.C4H10O3P/c8-7-3-1-2-6(4-7)5-9;1-3-6-8(5)7-4-2/h1-4H,5H2;3-4H2,1-2H3/q;+1. The van der Waals surface area contributed by atoms with E-state index in [1.807, 2.05) is 12.1 Å². The molecule has 96 valence electrons. The van der Waals surface area contributed by atoms with Gasteiger partial charge in [0.25, 0.3) is 0 Å². The average molecular weight is 326 g/mol. The largest absolute Gasteiger partial charge is 0.697 e. The second-order valence-corrected chi connectivity index (χ2v) is 4.70. The second kappa shape index (κ2) is 10.8. The second-order valence-electron chi connectivity index (χ2n) is 2.82. The first kappa shape index (κ1) is 16.6. The van der Waals surface area contributed by atoms with Crippen LogP contribution in [-0.4, -0.2) is 13.2 Å². The van der Waals surface area contributed by atoms with Gasteiger partial charge in [0.15, 0.2) is 0 Å². The molecular weight excluding hydrogens is 310 g/mol. The summed E-state index contributed by atoms with van der Waals surface area (Å²) in [5, 5.41) is 0. The van der Waals surface area contributed by atoms with Gasteiger partial charge < -0.3 is 0 Å². The minimum atomic E-state index is -1.83. The Balaban J connectivity index is 0.000000304. The van der Waals surface area contributed by atoms with E-state index in [0.717, 1.165) is 4.47 Å². The van der Waals surface area contributed by atoms with E-state index in [2.05, 4.69) is 25.0 Å². The number of hydrogen-bond donors (Lipinski definition) is 0. The van der Waals surface area contributed by atoms with Crippen molar-refractivity contribution in [2.75, 3.05) is 13.2 Å². The lowest BCUT2D eigenvalue weighted by atomic mass is 10.2. The summed E-state index contributed by atoms with van der Waals surface area (Å²) < 4.78 is 32.3. The van der Waals surface area contributed by atoms with Crippen LogP contribution in [-0.2, 0) is 20.3 Å². The first-order chi connectivity index (χ1) is 8.13. The van der Waals surface area contributed by atoms with Crippen LogP contribution in [0.15, 0.2) is 28.7 Å². The molecule has 0 atom stereocenters. The van der Waals surface area contributed by atoms with Gasteiger partial charge in [0.2, 0.25) is 0 Å². The predicted octanol–water partition coefficient (Wildman–Crippen LogP) is 4.64. The molecule has 0 amide bonds. The zero-order chi connectivity index (χ0) is 13.1. The third-order valence-corrected chi connectivity index (χ3v) is 2.94. The molecule has 1 rings (SSSR count). The minimum Gasteiger partial charge on any atom is -0.246 e. The van der Waals surface area contributed by atoms with Crippen molar-refractivity contribution in [3.63, 3.8) is 0 Å². The maximum atomic E-state index is 11.9. The lowest BCUT2D eigenvalue weighted by Gasteiger charge is -1.92. The molecule has 0 aliphatic heterocycles. The Hall–Kier alpha value is -0.350. The van der Waals surface area contributed by atoms with Crippen molar-refractivity contribution in [2.45, 2.75) is 20.5 Å². The molecule has 0 bridgehead atoms. The summed E-state index contributed by atoms with van der Waals surface area (Å²) in [6.07, 6.45) is 0. The summed E-state index contributed by atoms with van der Waals surface area (Å²) >= 11 is 3.24. The molecule has 0 radical (unpaired) electrons. The van der Waals surface area contributed by atoms with E-state index in [0.29, 0.717) is 18.8 Å². The van der Waals surface area contributed by atoms with Crippen molar-refractivity contribution >= 4 is 24.2 Å². The highest BCUT2D eigenvalue weighted by Crippen LogP contribution is 2.21. The summed E-state index contributed by atoms with van der Waals surface area (Å²) in [5.74, 6) is 0. The Morgan fingerprint density at radius 3 is 2.24 bits per heavy atom. The van der Waals surface area contributed by atoms with Gasteiger partial charge in [-0.2, -0.15) is 0 Å². The molecule has 0 fully saturated rings. The molecule has 0 unspecified atom stereocenters. The molecule has 0 spiro atoms. The fourth-order valence-corrected chi connectivity index (χ4v) is 1.81. The number of benzene rings is 1. The first-order valence-corrected chi connectivity index (χ1v) is 7.06. The van der Waals surface area contributed by atoms with E-state index in [4.69, 9.17) is 0 Å². The third-order valence-electron chi connectivity index (χ3n) is 1.51. The van der Waals surface area contributed by atoms with E-state index < -0.39 is 8.25 Å². The quantitative estimate of drug-likeness (QED) is 0.740. The van der Waals surface area contributed by atoms with Gasteiger partial charge in [0.05, 0.1) is 0 Å². The van der Waals surface area contributed by atoms with Gasteiger partial charge in [0, 0.05) is 9.04 Å². The van der Waals surface area contributed by atoms with Crippen molar-refractivity contribution in [1.29, 1.82) is 0 Å². The van der Waals surface area contributed by atoms with Crippen molar-refractivity contribution in [1.82, 2.24) is 0 Å². The smallest absolute Gasteiger partial charge is 0.246 e. The van der Waals surface area contributed by atoms with E-state index in [1.165, 1.54) is 0 Å². The summed E-state index contributed by atoms with van der Waals surface area (Å²) in [6, 6.07) is 7.21. The molecule has 0 N–H and O–H groups in total. The molecule has 17 heavy (non-hydrogen) atoms. The lowest BCUT2D eigenvalue weighted by molar-refractivity contribution is 0.243. The van der Waals surface area contributed by atoms with Crippen LogP contribution in [0.4, 0.5) is 4.39 Å². The summed E-state index contributed by atoms with van der Waals surface area (Å²) in [6.45, 7) is 4.03. The van der Waals surface area contributed by atoms with Crippen LogP contribution in [0.1, 0.15) is 19.4 Å². The fourth-order valence-electron chi connectivity index (χ4n) is 0.868. The maximum absolute atomic E-state index is 11.9. The molecule has 1 aromatic rings. The van der Waals surface area contributed by atoms with Crippen LogP contribution in [0.3, 0.4) is 0 Å². The summed E-state index contributed by atoms with van der Waals surface area (Å²) in [7, 11) is -1.83. The number of hydrogen-bond acceptors (Lipinski definition) is 3. The van der Waals surface area contributed by atoms with Gasteiger partial charge in [-0.15, -0.1) is 9.05 Å². The third kappa shape index (κ3) is 9.36. The predicted molar refractivity (Wildman–Crippen MR) is 69.8 cm³/mol. The number of rotatable bonds is 5. The Bertz CT molecular complexity index is 328. The van der Waals surface area contributed by atoms with Crippen molar-refractivity contribution < 1.29 is 18.0 Å². The Morgan fingerprint density at radius 2 is 1.88 bits per heavy atom. The van der Waals surface area contributed by atoms with Crippen molar-refractivity contribution in [3.05, 3.63) is 34.3 Å². The first-order valence-electron chi connectivity index (χ1n) is 5.17. The number of halogens is 2. The van der Waals surface area contributed by atoms with E-state index >= 15 is 0 Å². The molecule has 0 aromatic heterocycles. The molecular formula is C11H16BrFO3P+. The van der Waals surface area contributed by atoms with E-state index in [-0.39, 0.29) is 6.67 Å². The molecule has 0 aliphatic carbocycles. The lowest BCUT2D eigenvalue weighted by Crippen LogP contribution is -1.81. The van der Waals surface area contributed by atoms with Gasteiger partial charge >= 0.3 is 8.25 Å². The van der Waals surface area contributed by atoms with Gasteiger partial charge in [-0.05, 0) is 31.5 Å². The Kier molecular flexibility index (Phi) is 10.6. The van der Waals surface area contributed by atoms with Crippen LogP contribution >= 0.6 is 24.2 Å². The highest BCUT2D eigenvalue weighted by Gasteiger charge is 2.15. The molecule has 0 aliphatic rings. The molecule has 0 saturated heterocycles. The molecule has 3 nitrogen and oxygen atoms in total. The van der Waals surface area contributed by atoms with Crippen molar-refractivity contribution in [2.24, 2.45) is 0 Å². The van der Waals surface area contributed by atoms with Gasteiger partial charge in [-0.1, -0.05) is 28.1 Å². The van der Waals surface area contributed by atoms with Crippen LogP contribution in [0.2, 0.25) is 0 Å². The summed E-state index contributed by atoms with van der Waals surface area (Å²) in [4.78, 5) is 0. The average Bonchev–Trinajstić information content (AvgIpc) is 2.30. The van der Waals surface area contributed by atoms with Crippen LogP contribution < -0.4 is 0 Å². The minimum absolute atomic E-state index is 0.389. The SMILES string of the molecule is CCO[P+](=O)OCC.FCc1cccc(Br)c1. The Labute approximate surface area is 110 Å². The van der Waals surface area contributed by atoms with Crippen molar-refractivity contribution in [3.8, 4) is 0 Å². The Morgan fingerprint density at radius 1 is 1.29 bits per heavy atom. The van der Waals surface area contributed by atoms with Gasteiger partial charge in [-0.25, -0.2) is 4.39 Å². The normalized spacial score (nSPS) is 9.41.